The number of nitrogen functional groups attached to an aromatic ring is 1. The third kappa shape index (κ3) is 1.34. The Bertz CT molecular complexity index is 661. The molecular weight excluding hydrogens is 212 g/mol. The maximum atomic E-state index is 9.09. The van der Waals surface area contributed by atoms with Gasteiger partial charge in [-0.25, -0.2) is 0 Å². The van der Waals surface area contributed by atoms with E-state index in [0.29, 0.717) is 5.69 Å². The Morgan fingerprint density at radius 2 is 2.24 bits per heavy atom. The van der Waals surface area contributed by atoms with Crippen molar-refractivity contribution in [2.75, 3.05) is 5.73 Å². The molecule has 0 fully saturated rings. The van der Waals surface area contributed by atoms with Gasteiger partial charge in [-0.3, -0.25) is 0 Å². The van der Waals surface area contributed by atoms with Crippen molar-refractivity contribution in [2.24, 2.45) is 5.92 Å². The molecule has 1 aromatic carbocycles. The van der Waals surface area contributed by atoms with E-state index >= 15 is 0 Å². The SMILES string of the molecule is CC1c2c(oc3cc(N)ccc23)C=CC1C#N. The Morgan fingerprint density at radius 3 is 3.00 bits per heavy atom. The fourth-order valence-electron chi connectivity index (χ4n) is 2.44. The summed E-state index contributed by atoms with van der Waals surface area (Å²) in [6.45, 7) is 2.06. The van der Waals surface area contributed by atoms with Crippen molar-refractivity contribution in [3.8, 4) is 6.07 Å². The zero-order chi connectivity index (χ0) is 12.0. The number of nitrogens with zero attached hydrogens (tertiary/aromatic N) is 1. The maximum absolute atomic E-state index is 9.09. The Morgan fingerprint density at radius 1 is 1.41 bits per heavy atom. The number of allylic oxidation sites excluding steroid dienone is 1. The topological polar surface area (TPSA) is 62.9 Å². The highest BCUT2D eigenvalue weighted by Crippen LogP contribution is 2.40. The van der Waals surface area contributed by atoms with Crippen LogP contribution in [0.25, 0.3) is 17.0 Å². The van der Waals surface area contributed by atoms with E-state index in [1.165, 1.54) is 0 Å². The second-order valence-corrected chi connectivity index (χ2v) is 4.44. The molecule has 3 nitrogen and oxygen atoms in total. The second kappa shape index (κ2) is 3.39. The van der Waals surface area contributed by atoms with E-state index in [9.17, 15) is 0 Å². The largest absolute Gasteiger partial charge is 0.456 e. The zero-order valence-electron chi connectivity index (χ0n) is 9.47. The maximum Gasteiger partial charge on any atom is 0.137 e. The molecule has 3 heteroatoms. The molecular formula is C14H12N2O. The zero-order valence-corrected chi connectivity index (χ0v) is 9.47. The van der Waals surface area contributed by atoms with Gasteiger partial charge < -0.3 is 10.2 Å². The van der Waals surface area contributed by atoms with Gasteiger partial charge in [-0.2, -0.15) is 5.26 Å². The monoisotopic (exact) mass is 224 g/mol. The fourth-order valence-corrected chi connectivity index (χ4v) is 2.44. The van der Waals surface area contributed by atoms with Crippen LogP contribution in [0.15, 0.2) is 28.7 Å². The first-order valence-corrected chi connectivity index (χ1v) is 5.60. The summed E-state index contributed by atoms with van der Waals surface area (Å²) in [5.41, 5.74) is 8.35. The first-order valence-electron chi connectivity index (χ1n) is 5.60. The highest BCUT2D eigenvalue weighted by atomic mass is 16.3. The lowest BCUT2D eigenvalue weighted by molar-refractivity contribution is 0.569. The molecule has 0 spiro atoms. The minimum Gasteiger partial charge on any atom is -0.456 e. The van der Waals surface area contributed by atoms with Crippen LogP contribution in [0.2, 0.25) is 0 Å². The number of hydrogen-bond acceptors (Lipinski definition) is 3. The van der Waals surface area contributed by atoms with Crippen LogP contribution in [0.1, 0.15) is 24.2 Å². The number of benzene rings is 1. The van der Waals surface area contributed by atoms with Crippen LogP contribution in [0.3, 0.4) is 0 Å². The Labute approximate surface area is 99.1 Å². The molecule has 2 N–H and O–H groups in total. The molecule has 1 aliphatic rings. The number of nitrogens with two attached hydrogens (primary N) is 1. The summed E-state index contributed by atoms with van der Waals surface area (Å²) in [5.74, 6) is 0.926. The van der Waals surface area contributed by atoms with E-state index in [0.717, 1.165) is 22.3 Å². The average Bonchev–Trinajstić information content (AvgIpc) is 2.67. The third-order valence-corrected chi connectivity index (χ3v) is 3.38. The standard InChI is InChI=1S/C14H12N2O/c1-8-9(7-15)2-5-12-14(8)11-4-3-10(16)6-13(11)17-12/h2-6,8-9H,16H2,1H3. The molecule has 2 aromatic rings. The molecule has 0 radical (unpaired) electrons. The van der Waals surface area contributed by atoms with Crippen LogP contribution in [0.5, 0.6) is 0 Å². The highest BCUT2D eigenvalue weighted by Gasteiger charge is 2.27. The van der Waals surface area contributed by atoms with Gasteiger partial charge in [0.25, 0.3) is 0 Å². The molecule has 84 valence electrons. The van der Waals surface area contributed by atoms with E-state index in [2.05, 4.69) is 13.0 Å². The van der Waals surface area contributed by atoms with Crippen LogP contribution in [-0.2, 0) is 0 Å². The van der Waals surface area contributed by atoms with Crippen molar-refractivity contribution in [1.29, 1.82) is 5.26 Å². The van der Waals surface area contributed by atoms with Gasteiger partial charge in [0.05, 0.1) is 12.0 Å². The van der Waals surface area contributed by atoms with Gasteiger partial charge in [-0.05, 0) is 18.2 Å². The summed E-state index contributed by atoms with van der Waals surface area (Å²) in [4.78, 5) is 0. The van der Waals surface area contributed by atoms with Gasteiger partial charge in [0.2, 0.25) is 0 Å². The average molecular weight is 224 g/mol. The summed E-state index contributed by atoms with van der Waals surface area (Å²) >= 11 is 0. The Hall–Kier alpha value is -2.21. The molecule has 1 aliphatic carbocycles. The molecule has 0 aliphatic heterocycles. The van der Waals surface area contributed by atoms with E-state index in [1.807, 2.05) is 30.4 Å². The molecule has 17 heavy (non-hydrogen) atoms. The number of furan rings is 1. The van der Waals surface area contributed by atoms with Crippen molar-refractivity contribution in [1.82, 2.24) is 0 Å². The van der Waals surface area contributed by atoms with E-state index in [4.69, 9.17) is 15.4 Å². The first kappa shape index (κ1) is 9.98. The van der Waals surface area contributed by atoms with Gasteiger partial charge in [0, 0.05) is 28.6 Å². The van der Waals surface area contributed by atoms with Gasteiger partial charge in [0.1, 0.15) is 11.3 Å². The highest BCUT2D eigenvalue weighted by molar-refractivity contribution is 5.88. The van der Waals surface area contributed by atoms with Gasteiger partial charge in [-0.15, -0.1) is 0 Å². The molecule has 3 rings (SSSR count). The number of rotatable bonds is 0. The van der Waals surface area contributed by atoms with Crippen LogP contribution < -0.4 is 5.73 Å². The van der Waals surface area contributed by atoms with Crippen molar-refractivity contribution >= 4 is 22.7 Å². The first-order chi connectivity index (χ1) is 8.20. The minimum absolute atomic E-state index is 0.0825. The molecule has 0 amide bonds. The van der Waals surface area contributed by atoms with E-state index < -0.39 is 0 Å². The molecule has 2 atom stereocenters. The summed E-state index contributed by atoms with van der Waals surface area (Å²) < 4.78 is 5.76. The quantitative estimate of drug-likeness (QED) is 0.698. The number of anilines is 1. The Kier molecular flexibility index (Phi) is 1.99. The number of fused-ring (bicyclic) bond motifs is 3. The van der Waals surface area contributed by atoms with E-state index in [1.54, 1.807) is 0 Å². The van der Waals surface area contributed by atoms with Crippen molar-refractivity contribution in [3.63, 3.8) is 0 Å². The molecule has 1 heterocycles. The number of nitriles is 1. The summed E-state index contributed by atoms with van der Waals surface area (Å²) in [5, 5.41) is 10.2. The summed E-state index contributed by atoms with van der Waals surface area (Å²) in [7, 11) is 0. The smallest absolute Gasteiger partial charge is 0.137 e. The van der Waals surface area contributed by atoms with Gasteiger partial charge >= 0.3 is 0 Å². The van der Waals surface area contributed by atoms with Crippen LogP contribution >= 0.6 is 0 Å². The minimum atomic E-state index is -0.0825. The predicted octanol–water partition coefficient (Wildman–Crippen LogP) is 3.29. The molecule has 1 aromatic heterocycles. The van der Waals surface area contributed by atoms with Gasteiger partial charge in [0.15, 0.2) is 0 Å². The Balaban J connectivity index is 2.29. The molecule has 0 saturated heterocycles. The van der Waals surface area contributed by atoms with Crippen molar-refractivity contribution < 1.29 is 4.42 Å². The second-order valence-electron chi connectivity index (χ2n) is 4.44. The lowest BCUT2D eigenvalue weighted by atomic mass is 9.83. The molecule has 0 saturated carbocycles. The summed E-state index contributed by atoms with van der Waals surface area (Å²) in [6, 6.07) is 7.97. The van der Waals surface area contributed by atoms with Gasteiger partial charge in [-0.1, -0.05) is 13.0 Å². The number of hydrogen-bond donors (Lipinski definition) is 1. The van der Waals surface area contributed by atoms with Crippen LogP contribution in [0.4, 0.5) is 5.69 Å². The fraction of sp³-hybridized carbons (Fsp3) is 0.214. The van der Waals surface area contributed by atoms with E-state index in [-0.39, 0.29) is 11.8 Å². The lowest BCUT2D eigenvalue weighted by Gasteiger charge is -2.18. The van der Waals surface area contributed by atoms with Crippen molar-refractivity contribution in [3.05, 3.63) is 35.6 Å². The summed E-state index contributed by atoms with van der Waals surface area (Å²) in [6.07, 6.45) is 3.79. The third-order valence-electron chi connectivity index (χ3n) is 3.38. The molecule has 0 bridgehead atoms. The lowest BCUT2D eigenvalue weighted by Crippen LogP contribution is -2.09. The normalized spacial score (nSPS) is 22.4. The van der Waals surface area contributed by atoms with Crippen molar-refractivity contribution in [2.45, 2.75) is 12.8 Å². The predicted molar refractivity (Wildman–Crippen MR) is 67.2 cm³/mol. The van der Waals surface area contributed by atoms with Crippen LogP contribution in [-0.4, -0.2) is 0 Å². The van der Waals surface area contributed by atoms with Crippen LogP contribution in [0, 0.1) is 17.2 Å². The molecule has 2 unspecified atom stereocenters.